The molecule has 2 unspecified atom stereocenters. The van der Waals surface area contributed by atoms with Crippen LogP contribution in [0.15, 0.2) is 103 Å². The molecule has 0 bridgehead atoms. The van der Waals surface area contributed by atoms with Gasteiger partial charge in [-0.2, -0.15) is 0 Å². The van der Waals surface area contributed by atoms with E-state index in [0.29, 0.717) is 23.1 Å². The second kappa shape index (κ2) is 24.7. The predicted octanol–water partition coefficient (Wildman–Crippen LogP) is 8.34. The third-order valence-electron chi connectivity index (χ3n) is 15.2. The number of ether oxygens (including phenoxy) is 9. The SMILES string of the molecule is CC[C@H]1OC(=O)[C@H](C)[C@@H](OC2C[C@@](C)(OC)[C@@H](OC(=O)c3ccccc3)[C@H](C)O2)[C@H](C)[C@@H](OC2O[C@H](C)C[C@H](N(C)C)[C@H]2OC(=O)c2ccccc2)[C@@](C)(OC)C[C@@H](C)C(=O)C(C)=C[C@@]1(O)Cc1ccccc1. The summed E-state index contributed by atoms with van der Waals surface area (Å²) >= 11 is 0. The molecular weight excluding hydrogens is 935 g/mol. The van der Waals surface area contributed by atoms with Gasteiger partial charge in [-0.1, -0.05) is 87.5 Å². The number of carbonyl (C=O) groups excluding carboxylic acids is 4. The monoisotopic (exact) mass is 1010 g/mol. The van der Waals surface area contributed by atoms with Crippen molar-refractivity contribution in [1.29, 1.82) is 0 Å². The summed E-state index contributed by atoms with van der Waals surface area (Å²) in [6, 6.07) is 26.3. The number of allylic oxidation sites excluding steroid dienone is 1. The Bertz CT molecular complexity index is 2330. The number of cyclic esters (lactones) is 1. The van der Waals surface area contributed by atoms with Crippen molar-refractivity contribution in [3.63, 3.8) is 0 Å². The molecule has 15 nitrogen and oxygen atoms in total. The Kier molecular flexibility index (Phi) is 19.4. The van der Waals surface area contributed by atoms with E-state index in [0.717, 1.165) is 5.56 Å². The number of benzene rings is 3. The van der Waals surface area contributed by atoms with Crippen LogP contribution < -0.4 is 0 Å². The first kappa shape index (κ1) is 57.4. The van der Waals surface area contributed by atoms with Crippen LogP contribution in [0.1, 0.15) is 114 Å². The van der Waals surface area contributed by atoms with Gasteiger partial charge in [0.05, 0.1) is 53.1 Å². The molecular formula is C58H79NO14. The third kappa shape index (κ3) is 13.5. The van der Waals surface area contributed by atoms with Crippen molar-refractivity contribution < 1.29 is 66.9 Å². The Labute approximate surface area is 432 Å². The number of hydrogen-bond acceptors (Lipinski definition) is 15. The summed E-state index contributed by atoms with van der Waals surface area (Å²) < 4.78 is 59.2. The number of rotatable bonds is 14. The Hall–Kier alpha value is -4.84. The molecule has 2 saturated heterocycles. The van der Waals surface area contributed by atoms with Gasteiger partial charge in [0.25, 0.3) is 0 Å². The lowest BCUT2D eigenvalue weighted by atomic mass is 9.75. The minimum Gasteiger partial charge on any atom is -0.459 e. The van der Waals surface area contributed by atoms with Crippen LogP contribution in [0.4, 0.5) is 0 Å². The number of aliphatic hydroxyl groups is 1. The molecule has 3 aliphatic rings. The molecule has 0 aliphatic carbocycles. The molecule has 400 valence electrons. The van der Waals surface area contributed by atoms with Gasteiger partial charge in [-0.05, 0) is 116 Å². The summed E-state index contributed by atoms with van der Waals surface area (Å²) in [6.45, 7) is 16.2. The molecule has 0 amide bonds. The molecule has 6 rings (SSSR count). The van der Waals surface area contributed by atoms with Crippen LogP contribution in [-0.4, -0.2) is 140 Å². The number of hydrogen-bond donors (Lipinski definition) is 1. The zero-order valence-electron chi connectivity index (χ0n) is 45.0. The Balaban J connectivity index is 1.47. The van der Waals surface area contributed by atoms with Crippen molar-refractivity contribution in [2.45, 2.75) is 173 Å². The highest BCUT2D eigenvalue weighted by Gasteiger charge is 2.54. The summed E-state index contributed by atoms with van der Waals surface area (Å²) in [7, 11) is 6.88. The van der Waals surface area contributed by atoms with E-state index in [-0.39, 0.29) is 43.6 Å². The van der Waals surface area contributed by atoms with Gasteiger partial charge in [-0.3, -0.25) is 9.59 Å². The van der Waals surface area contributed by atoms with Gasteiger partial charge in [-0.25, -0.2) is 9.59 Å². The topological polar surface area (TPSA) is 175 Å². The third-order valence-corrected chi connectivity index (χ3v) is 15.2. The van der Waals surface area contributed by atoms with Crippen LogP contribution in [0.5, 0.6) is 0 Å². The Morgan fingerprint density at radius 3 is 1.84 bits per heavy atom. The van der Waals surface area contributed by atoms with Gasteiger partial charge in [0.15, 0.2) is 30.6 Å². The number of carbonyl (C=O) groups is 4. The molecule has 15 heteroatoms. The minimum absolute atomic E-state index is 0.0538. The van der Waals surface area contributed by atoms with E-state index in [1.54, 1.807) is 69.3 Å². The standard InChI is InChI=1S/C58H79NO14/c1-14-45-58(64,33-41-24-18-15-19-25-41)32-36(3)47(60)35(2)31-56(8,65-12)50(73-55-49(44(59(10)11)30-37(4)67-55)71-53(62)42-26-20-16-21-27-42)38(5)48(39(6)52(61)69-45)70-46-34-57(9,66-13)51(40(7)68-46)72-54(63)43-28-22-17-23-29-43/h15-29,32,35,37-40,44-46,48-51,55,64H,14,30-31,33-34H2,1-13H3/t35-,37-,38+,39-,40+,44+,45-,46?,48+,49-,50-,51+,55?,56+,57-,58-/m1/s1. The molecule has 0 saturated carbocycles. The highest BCUT2D eigenvalue weighted by Crippen LogP contribution is 2.42. The van der Waals surface area contributed by atoms with Crippen molar-refractivity contribution in [2.24, 2.45) is 17.8 Å². The largest absolute Gasteiger partial charge is 0.459 e. The molecule has 3 aromatic rings. The van der Waals surface area contributed by atoms with Gasteiger partial charge in [0, 0.05) is 38.9 Å². The average Bonchev–Trinajstić information content (AvgIpc) is 3.37. The maximum atomic E-state index is 15.1. The molecule has 3 heterocycles. The van der Waals surface area contributed by atoms with Crippen LogP contribution in [0, 0.1) is 17.8 Å². The van der Waals surface area contributed by atoms with Crippen molar-refractivity contribution in [3.8, 4) is 0 Å². The van der Waals surface area contributed by atoms with E-state index in [4.69, 9.17) is 42.6 Å². The van der Waals surface area contributed by atoms with E-state index in [9.17, 15) is 19.5 Å². The lowest BCUT2D eigenvalue weighted by Crippen LogP contribution is -2.61. The Morgan fingerprint density at radius 2 is 1.29 bits per heavy atom. The predicted molar refractivity (Wildman–Crippen MR) is 273 cm³/mol. The van der Waals surface area contributed by atoms with E-state index >= 15 is 4.79 Å². The second-order valence-electron chi connectivity index (χ2n) is 21.1. The molecule has 3 aliphatic heterocycles. The number of Topliss-reactive ketones (excluding diaryl/α,β-unsaturated/α-hetero) is 1. The van der Waals surface area contributed by atoms with Crippen molar-refractivity contribution >= 4 is 23.7 Å². The summed E-state index contributed by atoms with van der Waals surface area (Å²) in [6.07, 6.45) is -5.95. The number of likely N-dealkylation sites (N-methyl/N-ethyl adjacent to an activating group) is 1. The number of methoxy groups -OCH3 is 2. The zero-order valence-corrected chi connectivity index (χ0v) is 45.0. The normalized spacial score (nSPS) is 35.8. The van der Waals surface area contributed by atoms with Gasteiger partial charge < -0.3 is 52.6 Å². The molecule has 73 heavy (non-hydrogen) atoms. The van der Waals surface area contributed by atoms with Crippen LogP contribution in [0.2, 0.25) is 0 Å². The average molecular weight is 1010 g/mol. The number of nitrogens with zero attached hydrogens (tertiary/aromatic N) is 1. The van der Waals surface area contributed by atoms with Crippen LogP contribution >= 0.6 is 0 Å². The first-order valence-corrected chi connectivity index (χ1v) is 25.7. The number of esters is 3. The summed E-state index contributed by atoms with van der Waals surface area (Å²) in [5.74, 6) is -4.63. The van der Waals surface area contributed by atoms with Crippen molar-refractivity contribution in [3.05, 3.63) is 119 Å². The summed E-state index contributed by atoms with van der Waals surface area (Å²) in [4.78, 5) is 59.1. The van der Waals surface area contributed by atoms with E-state index in [1.165, 1.54) is 20.3 Å². The highest BCUT2D eigenvalue weighted by atomic mass is 16.7. The molecule has 3 aromatic carbocycles. The van der Waals surface area contributed by atoms with Gasteiger partial charge in [0.1, 0.15) is 17.3 Å². The lowest BCUT2D eigenvalue weighted by molar-refractivity contribution is -0.318. The molecule has 16 atom stereocenters. The van der Waals surface area contributed by atoms with E-state index in [2.05, 4.69) is 0 Å². The second-order valence-corrected chi connectivity index (χ2v) is 21.1. The fourth-order valence-corrected chi connectivity index (χ4v) is 11.1. The van der Waals surface area contributed by atoms with E-state index in [1.807, 2.05) is 103 Å². The summed E-state index contributed by atoms with van der Waals surface area (Å²) in [5.41, 5.74) is -2.48. The minimum atomic E-state index is -1.80. The van der Waals surface area contributed by atoms with Crippen molar-refractivity contribution in [2.75, 3.05) is 28.3 Å². The highest BCUT2D eigenvalue weighted by molar-refractivity contribution is 5.96. The molecule has 2 fully saturated rings. The van der Waals surface area contributed by atoms with E-state index < -0.39 is 102 Å². The molecule has 0 spiro atoms. The van der Waals surface area contributed by atoms with Gasteiger partial charge in [0.2, 0.25) is 0 Å². The fraction of sp³-hybridized carbons (Fsp3) is 0.586. The first-order chi connectivity index (χ1) is 34.6. The van der Waals surface area contributed by atoms with Gasteiger partial charge >= 0.3 is 17.9 Å². The lowest BCUT2D eigenvalue weighted by Gasteiger charge is -2.50. The first-order valence-electron chi connectivity index (χ1n) is 25.7. The van der Waals surface area contributed by atoms with Crippen LogP contribution in [0.25, 0.3) is 0 Å². The Morgan fingerprint density at radius 1 is 0.740 bits per heavy atom. The smallest absolute Gasteiger partial charge is 0.338 e. The van der Waals surface area contributed by atoms with Gasteiger partial charge in [-0.15, -0.1) is 0 Å². The van der Waals surface area contributed by atoms with Crippen molar-refractivity contribution in [1.82, 2.24) is 4.90 Å². The van der Waals surface area contributed by atoms with Crippen LogP contribution in [0.3, 0.4) is 0 Å². The summed E-state index contributed by atoms with van der Waals surface area (Å²) in [5, 5.41) is 12.7. The molecule has 1 N–H and O–H groups in total. The molecule has 0 radical (unpaired) electrons. The van der Waals surface area contributed by atoms with Crippen LogP contribution in [-0.2, 0) is 58.6 Å². The quantitative estimate of drug-likeness (QED) is 0.120. The zero-order chi connectivity index (χ0) is 53.4. The molecule has 0 aromatic heterocycles. The number of ketones is 1. The maximum absolute atomic E-state index is 15.1. The maximum Gasteiger partial charge on any atom is 0.338 e. The fourth-order valence-electron chi connectivity index (χ4n) is 11.1.